The van der Waals surface area contributed by atoms with Crippen molar-refractivity contribution in [3.8, 4) is 17.3 Å². The van der Waals surface area contributed by atoms with Crippen LogP contribution in [0.5, 0.6) is 0 Å². The first-order valence-corrected chi connectivity index (χ1v) is 9.57. The van der Waals surface area contributed by atoms with Crippen LogP contribution in [0.4, 0.5) is 5.69 Å². The lowest BCUT2D eigenvalue weighted by atomic mass is 10.1. The van der Waals surface area contributed by atoms with E-state index >= 15 is 0 Å². The van der Waals surface area contributed by atoms with Gasteiger partial charge in [0.25, 0.3) is 0 Å². The summed E-state index contributed by atoms with van der Waals surface area (Å²) in [6.07, 6.45) is 4.34. The molecule has 1 fully saturated rings. The molecule has 1 heterocycles. The third-order valence-electron chi connectivity index (χ3n) is 4.35. The maximum Gasteiger partial charge on any atom is 0.179 e. The second-order valence-electron chi connectivity index (χ2n) is 6.26. The molecule has 0 bridgehead atoms. The SMILES string of the molecule is CCCN(SNC1CCN(C#N)C1)c1ccc(-c2ccccc2)cc1. The van der Waals surface area contributed by atoms with Crippen molar-refractivity contribution in [3.63, 3.8) is 0 Å². The van der Waals surface area contributed by atoms with Crippen molar-refractivity contribution in [1.29, 1.82) is 5.26 Å². The normalized spacial score (nSPS) is 16.6. The predicted octanol–water partition coefficient (Wildman–Crippen LogP) is 4.28. The van der Waals surface area contributed by atoms with Crippen LogP contribution < -0.4 is 9.03 Å². The Kier molecular flexibility index (Phi) is 6.21. The van der Waals surface area contributed by atoms with Gasteiger partial charge < -0.3 is 9.21 Å². The molecule has 4 nitrogen and oxygen atoms in total. The van der Waals surface area contributed by atoms with Crippen molar-refractivity contribution in [3.05, 3.63) is 54.6 Å². The van der Waals surface area contributed by atoms with E-state index in [1.807, 2.05) is 11.0 Å². The fourth-order valence-electron chi connectivity index (χ4n) is 2.97. The minimum atomic E-state index is 0.368. The Bertz CT molecular complexity index is 696. The summed E-state index contributed by atoms with van der Waals surface area (Å²) in [6, 6.07) is 19.5. The number of nitriles is 1. The number of hydrogen-bond donors (Lipinski definition) is 1. The van der Waals surface area contributed by atoms with Crippen LogP contribution in [0.3, 0.4) is 0 Å². The molecule has 1 saturated heterocycles. The maximum absolute atomic E-state index is 8.97. The molecular weight excluding hydrogens is 328 g/mol. The van der Waals surface area contributed by atoms with Crippen LogP contribution in [0.1, 0.15) is 19.8 Å². The number of rotatable bonds is 7. The van der Waals surface area contributed by atoms with Crippen LogP contribution in [0.25, 0.3) is 11.1 Å². The minimum Gasteiger partial charge on any atom is -0.309 e. The molecule has 0 radical (unpaired) electrons. The Morgan fingerprint density at radius 2 is 1.88 bits per heavy atom. The van der Waals surface area contributed by atoms with Gasteiger partial charge in [-0.2, -0.15) is 5.26 Å². The Hall–Kier alpha value is -2.16. The maximum atomic E-state index is 8.97. The lowest BCUT2D eigenvalue weighted by molar-refractivity contribution is 0.475. The number of hydrogen-bond acceptors (Lipinski definition) is 5. The van der Waals surface area contributed by atoms with Crippen molar-refractivity contribution < 1.29 is 0 Å². The quantitative estimate of drug-likeness (QED) is 0.595. The zero-order chi connectivity index (χ0) is 17.5. The summed E-state index contributed by atoms with van der Waals surface area (Å²) >= 11 is 1.66. The van der Waals surface area contributed by atoms with E-state index in [9.17, 15) is 0 Å². The molecule has 0 aliphatic carbocycles. The van der Waals surface area contributed by atoms with Gasteiger partial charge in [-0.1, -0.05) is 49.4 Å². The van der Waals surface area contributed by atoms with Crippen LogP contribution in [0.15, 0.2) is 54.6 Å². The highest BCUT2D eigenvalue weighted by molar-refractivity contribution is 7.98. The Labute approximate surface area is 154 Å². The minimum absolute atomic E-state index is 0.368. The first-order chi connectivity index (χ1) is 12.3. The second kappa shape index (κ2) is 8.80. The molecule has 25 heavy (non-hydrogen) atoms. The molecule has 1 aliphatic heterocycles. The molecule has 0 spiro atoms. The summed E-state index contributed by atoms with van der Waals surface area (Å²) in [6.45, 7) is 4.83. The molecular formula is C20H24N4S. The molecule has 1 aliphatic rings. The third kappa shape index (κ3) is 4.68. The Morgan fingerprint density at radius 1 is 1.16 bits per heavy atom. The fourth-order valence-corrected chi connectivity index (χ4v) is 3.94. The first kappa shape index (κ1) is 17.7. The predicted molar refractivity (Wildman–Crippen MR) is 106 cm³/mol. The summed E-state index contributed by atoms with van der Waals surface area (Å²) in [5.74, 6) is 0. The van der Waals surface area contributed by atoms with E-state index in [2.05, 4.69) is 70.7 Å². The molecule has 2 aromatic rings. The molecule has 2 aromatic carbocycles. The number of anilines is 1. The van der Waals surface area contributed by atoms with Crippen molar-refractivity contribution in [2.75, 3.05) is 23.9 Å². The highest BCUT2D eigenvalue weighted by Crippen LogP contribution is 2.26. The second-order valence-corrected chi connectivity index (χ2v) is 7.11. The largest absolute Gasteiger partial charge is 0.309 e. The number of likely N-dealkylation sites (tertiary alicyclic amines) is 1. The van der Waals surface area contributed by atoms with Gasteiger partial charge in [-0.05, 0) is 36.1 Å². The van der Waals surface area contributed by atoms with E-state index in [0.717, 1.165) is 32.5 Å². The van der Waals surface area contributed by atoms with Gasteiger partial charge in [-0.25, -0.2) is 4.72 Å². The standard InChI is InChI=1S/C20H24N4S/c1-2-13-24(25-22-19-12-14-23(15-19)16-21)20-10-8-18(9-11-20)17-6-4-3-5-7-17/h3-11,19,22H,2,12-15H2,1H3. The van der Waals surface area contributed by atoms with Crippen LogP contribution >= 0.6 is 12.1 Å². The first-order valence-electron chi connectivity index (χ1n) is 8.80. The Balaban J connectivity index is 1.63. The number of nitrogens with zero attached hydrogens (tertiary/aromatic N) is 3. The smallest absolute Gasteiger partial charge is 0.179 e. The van der Waals surface area contributed by atoms with Crippen molar-refractivity contribution in [2.24, 2.45) is 0 Å². The summed E-state index contributed by atoms with van der Waals surface area (Å²) in [5.41, 5.74) is 3.68. The van der Waals surface area contributed by atoms with Gasteiger partial charge in [0, 0.05) is 43.5 Å². The molecule has 5 heteroatoms. The number of benzene rings is 2. The Morgan fingerprint density at radius 3 is 2.52 bits per heavy atom. The van der Waals surface area contributed by atoms with Crippen LogP contribution in [-0.4, -0.2) is 30.6 Å². The molecule has 1 atom stereocenters. The average molecular weight is 353 g/mol. The molecule has 1 N–H and O–H groups in total. The van der Waals surface area contributed by atoms with Gasteiger partial charge in [-0.3, -0.25) is 0 Å². The van der Waals surface area contributed by atoms with Gasteiger partial charge in [-0.15, -0.1) is 0 Å². The topological polar surface area (TPSA) is 42.3 Å². The van der Waals surface area contributed by atoms with Gasteiger partial charge in [0.2, 0.25) is 0 Å². The molecule has 1 unspecified atom stereocenters. The highest BCUT2D eigenvalue weighted by atomic mass is 32.2. The van der Waals surface area contributed by atoms with Crippen molar-refractivity contribution >= 4 is 17.8 Å². The van der Waals surface area contributed by atoms with E-state index in [4.69, 9.17) is 5.26 Å². The summed E-state index contributed by atoms with van der Waals surface area (Å²) in [4.78, 5) is 1.82. The summed E-state index contributed by atoms with van der Waals surface area (Å²) in [7, 11) is 0. The third-order valence-corrected chi connectivity index (χ3v) is 5.40. The average Bonchev–Trinajstić information content (AvgIpc) is 3.14. The lowest BCUT2D eigenvalue weighted by Crippen LogP contribution is -2.31. The zero-order valence-corrected chi connectivity index (χ0v) is 15.4. The summed E-state index contributed by atoms with van der Waals surface area (Å²) in [5, 5.41) is 8.97. The monoisotopic (exact) mass is 352 g/mol. The highest BCUT2D eigenvalue weighted by Gasteiger charge is 2.22. The van der Waals surface area contributed by atoms with Gasteiger partial charge in [0.05, 0.1) is 0 Å². The van der Waals surface area contributed by atoms with Crippen LogP contribution in [0, 0.1) is 11.5 Å². The van der Waals surface area contributed by atoms with E-state index in [-0.39, 0.29) is 0 Å². The van der Waals surface area contributed by atoms with Gasteiger partial charge in [0.1, 0.15) is 0 Å². The van der Waals surface area contributed by atoms with Crippen LogP contribution in [-0.2, 0) is 0 Å². The summed E-state index contributed by atoms with van der Waals surface area (Å²) < 4.78 is 5.82. The van der Waals surface area contributed by atoms with Crippen molar-refractivity contribution in [2.45, 2.75) is 25.8 Å². The van der Waals surface area contributed by atoms with E-state index in [0.29, 0.717) is 6.04 Å². The zero-order valence-electron chi connectivity index (χ0n) is 14.6. The van der Waals surface area contributed by atoms with Crippen molar-refractivity contribution in [1.82, 2.24) is 9.62 Å². The molecule has 0 saturated carbocycles. The van der Waals surface area contributed by atoms with Gasteiger partial charge in [0.15, 0.2) is 6.19 Å². The number of nitrogens with one attached hydrogen (secondary N) is 1. The molecule has 3 rings (SSSR count). The molecule has 130 valence electrons. The van der Waals surface area contributed by atoms with Gasteiger partial charge >= 0.3 is 0 Å². The van der Waals surface area contributed by atoms with E-state index in [1.54, 1.807) is 12.1 Å². The molecule has 0 aromatic heterocycles. The lowest BCUT2D eigenvalue weighted by Gasteiger charge is -2.24. The van der Waals surface area contributed by atoms with E-state index in [1.165, 1.54) is 16.8 Å². The van der Waals surface area contributed by atoms with E-state index < -0.39 is 0 Å². The fraction of sp³-hybridized carbons (Fsp3) is 0.350. The van der Waals surface area contributed by atoms with Crippen LogP contribution in [0.2, 0.25) is 0 Å². The molecule has 0 amide bonds.